The van der Waals surface area contributed by atoms with Gasteiger partial charge in [-0.15, -0.1) is 6.58 Å². The number of carbonyl (C=O) groups is 2. The summed E-state index contributed by atoms with van der Waals surface area (Å²) in [4.78, 5) is 25.3. The van der Waals surface area contributed by atoms with Gasteiger partial charge in [-0.25, -0.2) is 27.2 Å². The Hall–Kier alpha value is -4.82. The molecule has 4 aromatic carbocycles. The molecule has 2 fully saturated rings. The maximum absolute atomic E-state index is 14.4. The predicted molar refractivity (Wildman–Crippen MR) is 237 cm³/mol. The predicted octanol–water partition coefficient (Wildman–Crippen LogP) is 10.8. The van der Waals surface area contributed by atoms with Crippen molar-refractivity contribution in [1.29, 1.82) is 0 Å². The highest BCUT2D eigenvalue weighted by Crippen LogP contribution is 2.75. The van der Waals surface area contributed by atoms with Crippen LogP contribution in [0.5, 0.6) is 0 Å². The zero-order chi connectivity index (χ0) is 47.1. The SMILES string of the molecule is C=CCOCC[C@@H]1C[C@]1(NC(=O)OCc1ccccc1)P(=O)(Cc1c(F)cccc1F)OCC.CCOP(=O)(Cc1c(F)cccc1F)[C@@]1(NC(=O)OCc2ccccc2)C[C@H]1CCO. The number of benzene rings is 4. The Morgan fingerprint density at radius 2 is 1.08 bits per heavy atom. The molecule has 2 amide bonds. The van der Waals surface area contributed by atoms with Crippen molar-refractivity contribution in [2.75, 3.05) is 33.0 Å². The van der Waals surface area contributed by atoms with Gasteiger partial charge < -0.3 is 39.0 Å². The largest absolute Gasteiger partial charge is 0.445 e. The fourth-order valence-corrected chi connectivity index (χ4v) is 14.2. The first-order valence-corrected chi connectivity index (χ1v) is 24.9. The molecule has 0 saturated heterocycles. The highest BCUT2D eigenvalue weighted by Gasteiger charge is 2.68. The third-order valence-electron chi connectivity index (χ3n) is 11.3. The van der Waals surface area contributed by atoms with Crippen LogP contribution >= 0.6 is 14.7 Å². The number of carbonyl (C=O) groups excluding carboxylic acids is 2. The van der Waals surface area contributed by atoms with Crippen LogP contribution < -0.4 is 10.6 Å². The molecule has 2 saturated carbocycles. The smallest absolute Gasteiger partial charge is 0.408 e. The van der Waals surface area contributed by atoms with E-state index in [0.29, 0.717) is 26.1 Å². The topological polar surface area (TPSA) is 159 Å². The van der Waals surface area contributed by atoms with Crippen molar-refractivity contribution in [1.82, 2.24) is 10.6 Å². The number of amides is 2. The minimum absolute atomic E-state index is 0.00823. The van der Waals surface area contributed by atoms with Gasteiger partial charge in [-0.3, -0.25) is 9.13 Å². The van der Waals surface area contributed by atoms with Crippen molar-refractivity contribution in [3.63, 3.8) is 0 Å². The van der Waals surface area contributed by atoms with Crippen molar-refractivity contribution < 1.29 is 64.6 Å². The molecule has 0 radical (unpaired) electrons. The van der Waals surface area contributed by atoms with Gasteiger partial charge in [0.2, 0.25) is 14.7 Å². The van der Waals surface area contributed by atoms with Crippen molar-refractivity contribution >= 4 is 26.9 Å². The molecule has 0 aromatic heterocycles. The van der Waals surface area contributed by atoms with Gasteiger partial charge in [0.1, 0.15) is 47.0 Å². The van der Waals surface area contributed by atoms with Gasteiger partial charge >= 0.3 is 12.2 Å². The standard InChI is InChI=1S/C25H30F2NO5P.C22H26F2NO5P/c1-3-14-31-15-13-20-16-25(20,28-24(29)32-17-19-9-6-5-7-10-19)34(30,33-4-2)18-21-22(26)11-8-12-23(21)27;1-2-30-31(28,15-18-19(23)9-6-10-20(18)24)22(13-17(22)11-12-26)25-21(27)29-14-16-7-4-3-5-8-16/h3,5-12,20H,1,4,13-18H2,2H3,(H,28,29);3-10,17,26H,2,11-15H2,1H3,(H,25,27)/t20-,25+,34?;17-,22+,31?/m11/s1. The molecular formula is C47H56F4N2O10P2. The van der Waals surface area contributed by atoms with Crippen molar-refractivity contribution in [2.45, 2.75) is 75.6 Å². The van der Waals surface area contributed by atoms with E-state index in [4.69, 9.17) is 23.3 Å². The van der Waals surface area contributed by atoms with Gasteiger partial charge in [-0.1, -0.05) is 78.9 Å². The minimum Gasteiger partial charge on any atom is -0.445 e. The van der Waals surface area contributed by atoms with E-state index in [1.165, 1.54) is 12.1 Å². The summed E-state index contributed by atoms with van der Waals surface area (Å²) in [5, 5.41) is 12.1. The highest BCUT2D eigenvalue weighted by atomic mass is 31.2. The minimum atomic E-state index is -3.83. The lowest BCUT2D eigenvalue weighted by atomic mass is 10.2. The third-order valence-corrected chi connectivity index (χ3v) is 17.8. The molecule has 6 atom stereocenters. The summed E-state index contributed by atoms with van der Waals surface area (Å²) >= 11 is 0. The second kappa shape index (κ2) is 23.6. The Balaban J connectivity index is 0.000000245. The molecule has 2 aliphatic carbocycles. The normalized spacial score (nSPS) is 21.3. The fraction of sp³-hybridized carbons (Fsp3) is 0.404. The lowest BCUT2D eigenvalue weighted by Crippen LogP contribution is -2.40. The molecule has 0 heterocycles. The van der Waals surface area contributed by atoms with E-state index >= 15 is 0 Å². The average Bonchev–Trinajstić information content (AvgIpc) is 4.20. The van der Waals surface area contributed by atoms with Crippen molar-refractivity contribution in [3.8, 4) is 0 Å². The van der Waals surface area contributed by atoms with Gasteiger partial charge in [0.05, 0.1) is 32.1 Å². The summed E-state index contributed by atoms with van der Waals surface area (Å²) in [6, 6.07) is 25.0. The van der Waals surface area contributed by atoms with E-state index in [0.717, 1.165) is 35.4 Å². The number of hydrogen-bond acceptors (Lipinski definition) is 10. The lowest BCUT2D eigenvalue weighted by Gasteiger charge is -2.29. The van der Waals surface area contributed by atoms with Crippen LogP contribution in [0, 0.1) is 35.1 Å². The summed E-state index contributed by atoms with van der Waals surface area (Å²) in [5.41, 5.74) is 0.883. The number of hydrogen-bond donors (Lipinski definition) is 3. The van der Waals surface area contributed by atoms with Gasteiger partial charge in [0, 0.05) is 24.3 Å². The fourth-order valence-electron chi connectivity index (χ4n) is 7.85. The van der Waals surface area contributed by atoms with Crippen LogP contribution in [0.4, 0.5) is 27.2 Å². The quantitative estimate of drug-likeness (QED) is 0.0283. The summed E-state index contributed by atoms with van der Waals surface area (Å²) in [6.07, 6.45) is 0.345. The van der Waals surface area contributed by atoms with Crippen LogP contribution in [0.15, 0.2) is 110 Å². The second-order valence-electron chi connectivity index (χ2n) is 15.6. The average molecular weight is 947 g/mol. The molecule has 352 valence electrons. The molecule has 6 rings (SSSR count). The van der Waals surface area contributed by atoms with E-state index in [2.05, 4.69) is 17.2 Å². The van der Waals surface area contributed by atoms with E-state index in [-0.39, 0.29) is 68.8 Å². The summed E-state index contributed by atoms with van der Waals surface area (Å²) < 4.78 is 113. The van der Waals surface area contributed by atoms with E-state index in [1.54, 1.807) is 32.1 Å². The number of ether oxygens (including phenoxy) is 3. The van der Waals surface area contributed by atoms with Crippen molar-refractivity contribution in [2.24, 2.45) is 11.8 Å². The number of rotatable bonds is 23. The van der Waals surface area contributed by atoms with Crippen LogP contribution in [-0.4, -0.2) is 60.9 Å². The molecule has 65 heavy (non-hydrogen) atoms. The molecule has 18 heteroatoms. The first-order valence-electron chi connectivity index (χ1n) is 21.3. The van der Waals surface area contributed by atoms with Crippen LogP contribution in [0.1, 0.15) is 61.8 Å². The Labute approximate surface area is 377 Å². The molecule has 12 nitrogen and oxygen atoms in total. The maximum Gasteiger partial charge on any atom is 0.408 e. The summed E-state index contributed by atoms with van der Waals surface area (Å²) in [6.45, 7) is 7.50. The first-order chi connectivity index (χ1) is 31.2. The first kappa shape index (κ1) is 51.2. The molecule has 2 aliphatic rings. The molecular weight excluding hydrogens is 890 g/mol. The van der Waals surface area contributed by atoms with Gasteiger partial charge in [0.15, 0.2) is 0 Å². The van der Waals surface area contributed by atoms with E-state index in [9.17, 15) is 41.4 Å². The van der Waals surface area contributed by atoms with Crippen LogP contribution in [-0.2, 0) is 57.9 Å². The molecule has 0 spiro atoms. The monoisotopic (exact) mass is 946 g/mol. The number of alkyl carbamates (subject to hydrolysis) is 2. The number of nitrogens with one attached hydrogen (secondary N) is 2. The van der Waals surface area contributed by atoms with Gasteiger partial charge in [0.25, 0.3) is 0 Å². The van der Waals surface area contributed by atoms with Crippen LogP contribution in [0.3, 0.4) is 0 Å². The number of aliphatic hydroxyl groups is 1. The summed E-state index contributed by atoms with van der Waals surface area (Å²) in [5.74, 6) is -3.92. The molecule has 0 bridgehead atoms. The summed E-state index contributed by atoms with van der Waals surface area (Å²) in [7, 11) is -7.64. The third kappa shape index (κ3) is 13.0. The van der Waals surface area contributed by atoms with E-state index < -0.39 is 73.1 Å². The zero-order valence-electron chi connectivity index (χ0n) is 36.4. The maximum atomic E-state index is 14.4. The van der Waals surface area contributed by atoms with Gasteiger partial charge in [-0.2, -0.15) is 0 Å². The van der Waals surface area contributed by atoms with Gasteiger partial charge in [-0.05, 0) is 86.8 Å². The molecule has 3 N–H and O–H groups in total. The molecule has 0 aliphatic heterocycles. The molecule has 2 unspecified atom stereocenters. The van der Waals surface area contributed by atoms with Crippen LogP contribution in [0.2, 0.25) is 0 Å². The lowest BCUT2D eigenvalue weighted by molar-refractivity contribution is 0.133. The Morgan fingerprint density at radius 1 is 0.677 bits per heavy atom. The zero-order valence-corrected chi connectivity index (χ0v) is 38.2. The Morgan fingerprint density at radius 3 is 1.45 bits per heavy atom. The van der Waals surface area contributed by atoms with Crippen molar-refractivity contribution in [3.05, 3.63) is 155 Å². The number of halogens is 4. The van der Waals surface area contributed by atoms with Crippen LogP contribution in [0.25, 0.3) is 0 Å². The van der Waals surface area contributed by atoms with E-state index in [1.807, 2.05) is 48.5 Å². The Kier molecular flexibility index (Phi) is 18.6. The molecule has 4 aromatic rings. The second-order valence-corrected chi connectivity index (χ2v) is 21.0. The number of aliphatic hydroxyl groups excluding tert-OH is 1. The Bertz CT molecular complexity index is 2270. The highest BCUT2D eigenvalue weighted by molar-refractivity contribution is 7.60.